The Morgan fingerprint density at radius 1 is 1.12 bits per heavy atom. The van der Waals surface area contributed by atoms with Crippen molar-refractivity contribution in [3.63, 3.8) is 0 Å². The van der Waals surface area contributed by atoms with Gasteiger partial charge in [0.25, 0.3) is 5.91 Å². The molecule has 0 spiro atoms. The summed E-state index contributed by atoms with van der Waals surface area (Å²) in [7, 11) is 1.59. The molecular formula is C19H20N2O4. The standard InChI is InChI=1S/C19H20N2O4/c1-3-25-17-7-5-4-6-16(17)21-18(22)12-15(19(21)23)20-13-8-10-14(24-2)11-9-13/h4-11,15,20H,3,12H2,1-2H3/t15-/m1/s1. The first-order valence-corrected chi connectivity index (χ1v) is 8.13. The Bertz CT molecular complexity index is 773. The molecule has 1 saturated heterocycles. The molecule has 0 aromatic heterocycles. The summed E-state index contributed by atoms with van der Waals surface area (Å²) in [5, 5.41) is 3.12. The minimum atomic E-state index is -0.601. The topological polar surface area (TPSA) is 67.9 Å². The molecule has 2 aromatic rings. The normalized spacial score (nSPS) is 16.9. The lowest BCUT2D eigenvalue weighted by atomic mass is 10.2. The fourth-order valence-electron chi connectivity index (χ4n) is 2.81. The summed E-state index contributed by atoms with van der Waals surface area (Å²) in [4.78, 5) is 26.4. The van der Waals surface area contributed by atoms with E-state index in [0.29, 0.717) is 18.0 Å². The van der Waals surface area contributed by atoms with Gasteiger partial charge in [-0.15, -0.1) is 0 Å². The highest BCUT2D eigenvalue weighted by molar-refractivity contribution is 6.23. The van der Waals surface area contributed by atoms with Crippen LogP contribution in [0.15, 0.2) is 48.5 Å². The minimum absolute atomic E-state index is 0.103. The number of nitrogens with zero attached hydrogens (tertiary/aromatic N) is 1. The fourth-order valence-corrected chi connectivity index (χ4v) is 2.81. The second kappa shape index (κ2) is 7.25. The van der Waals surface area contributed by atoms with E-state index in [-0.39, 0.29) is 18.2 Å². The number of para-hydroxylation sites is 2. The zero-order valence-electron chi connectivity index (χ0n) is 14.2. The van der Waals surface area contributed by atoms with Gasteiger partial charge >= 0.3 is 0 Å². The van der Waals surface area contributed by atoms with Crippen LogP contribution in [0.25, 0.3) is 0 Å². The highest BCUT2D eigenvalue weighted by atomic mass is 16.5. The third-order valence-corrected chi connectivity index (χ3v) is 3.98. The molecule has 0 radical (unpaired) electrons. The van der Waals surface area contributed by atoms with Gasteiger partial charge in [0.15, 0.2) is 0 Å². The summed E-state index contributed by atoms with van der Waals surface area (Å²) in [5.74, 6) is 0.722. The lowest BCUT2D eigenvalue weighted by molar-refractivity contribution is -0.121. The third kappa shape index (κ3) is 3.42. The Labute approximate surface area is 146 Å². The van der Waals surface area contributed by atoms with E-state index >= 15 is 0 Å². The molecule has 0 saturated carbocycles. The van der Waals surface area contributed by atoms with Crippen LogP contribution in [-0.2, 0) is 9.59 Å². The van der Waals surface area contributed by atoms with Gasteiger partial charge in [-0.05, 0) is 43.3 Å². The molecule has 0 aliphatic carbocycles. The van der Waals surface area contributed by atoms with Crippen LogP contribution in [0.5, 0.6) is 11.5 Å². The van der Waals surface area contributed by atoms with E-state index < -0.39 is 6.04 Å². The Morgan fingerprint density at radius 3 is 2.52 bits per heavy atom. The van der Waals surface area contributed by atoms with E-state index in [4.69, 9.17) is 9.47 Å². The van der Waals surface area contributed by atoms with Gasteiger partial charge in [-0.1, -0.05) is 12.1 Å². The van der Waals surface area contributed by atoms with E-state index in [0.717, 1.165) is 11.4 Å². The molecule has 1 N–H and O–H groups in total. The van der Waals surface area contributed by atoms with E-state index in [2.05, 4.69) is 5.32 Å². The van der Waals surface area contributed by atoms with Crippen LogP contribution < -0.4 is 19.7 Å². The van der Waals surface area contributed by atoms with Crippen molar-refractivity contribution in [1.82, 2.24) is 0 Å². The van der Waals surface area contributed by atoms with Crippen LogP contribution >= 0.6 is 0 Å². The smallest absolute Gasteiger partial charge is 0.256 e. The Balaban J connectivity index is 1.80. The second-order valence-corrected chi connectivity index (χ2v) is 5.60. The van der Waals surface area contributed by atoms with Crippen molar-refractivity contribution in [1.29, 1.82) is 0 Å². The monoisotopic (exact) mass is 340 g/mol. The maximum atomic E-state index is 12.8. The zero-order chi connectivity index (χ0) is 17.8. The Hall–Kier alpha value is -3.02. The van der Waals surface area contributed by atoms with Crippen molar-refractivity contribution in [3.05, 3.63) is 48.5 Å². The number of benzene rings is 2. The predicted molar refractivity (Wildman–Crippen MR) is 95.1 cm³/mol. The van der Waals surface area contributed by atoms with Crippen molar-refractivity contribution < 1.29 is 19.1 Å². The van der Waals surface area contributed by atoms with Gasteiger partial charge in [-0.3, -0.25) is 9.59 Å². The predicted octanol–water partition coefficient (Wildman–Crippen LogP) is 2.84. The van der Waals surface area contributed by atoms with Crippen molar-refractivity contribution in [2.24, 2.45) is 0 Å². The number of anilines is 2. The first-order chi connectivity index (χ1) is 12.1. The minimum Gasteiger partial charge on any atom is -0.497 e. The number of imide groups is 1. The zero-order valence-corrected chi connectivity index (χ0v) is 14.2. The Morgan fingerprint density at radius 2 is 1.84 bits per heavy atom. The highest BCUT2D eigenvalue weighted by Gasteiger charge is 2.40. The summed E-state index contributed by atoms with van der Waals surface area (Å²) in [5.41, 5.74) is 1.24. The molecule has 0 unspecified atom stereocenters. The van der Waals surface area contributed by atoms with Crippen molar-refractivity contribution in [2.75, 3.05) is 23.9 Å². The molecule has 2 aromatic carbocycles. The largest absolute Gasteiger partial charge is 0.497 e. The van der Waals surface area contributed by atoms with Crippen molar-refractivity contribution >= 4 is 23.2 Å². The van der Waals surface area contributed by atoms with Crippen molar-refractivity contribution in [3.8, 4) is 11.5 Å². The number of ether oxygens (including phenoxy) is 2. The number of amides is 2. The van der Waals surface area contributed by atoms with Gasteiger partial charge in [0.1, 0.15) is 17.5 Å². The van der Waals surface area contributed by atoms with Gasteiger partial charge in [0, 0.05) is 5.69 Å². The molecule has 130 valence electrons. The summed E-state index contributed by atoms with van der Waals surface area (Å²) in [6.07, 6.45) is 0.103. The average Bonchev–Trinajstić information content (AvgIpc) is 2.90. The number of rotatable bonds is 6. The molecule has 1 aliphatic heterocycles. The summed E-state index contributed by atoms with van der Waals surface area (Å²) < 4.78 is 10.7. The van der Waals surface area contributed by atoms with E-state index in [1.807, 2.05) is 25.1 Å². The van der Waals surface area contributed by atoms with Crippen LogP contribution in [0, 0.1) is 0 Å². The lowest BCUT2D eigenvalue weighted by Gasteiger charge is -2.19. The molecule has 1 aliphatic rings. The van der Waals surface area contributed by atoms with Crippen molar-refractivity contribution in [2.45, 2.75) is 19.4 Å². The summed E-state index contributed by atoms with van der Waals surface area (Å²) in [6.45, 7) is 2.32. The highest BCUT2D eigenvalue weighted by Crippen LogP contribution is 2.33. The van der Waals surface area contributed by atoms with Crippen LogP contribution in [0.2, 0.25) is 0 Å². The van der Waals surface area contributed by atoms with Crippen LogP contribution in [-0.4, -0.2) is 31.6 Å². The number of hydrogen-bond acceptors (Lipinski definition) is 5. The Kier molecular flexibility index (Phi) is 4.88. The molecule has 6 nitrogen and oxygen atoms in total. The van der Waals surface area contributed by atoms with Crippen LogP contribution in [0.1, 0.15) is 13.3 Å². The molecular weight excluding hydrogens is 320 g/mol. The molecule has 0 bridgehead atoms. The summed E-state index contributed by atoms with van der Waals surface area (Å²) >= 11 is 0. The average molecular weight is 340 g/mol. The fraction of sp³-hybridized carbons (Fsp3) is 0.263. The van der Waals surface area contributed by atoms with Gasteiger partial charge < -0.3 is 14.8 Å². The van der Waals surface area contributed by atoms with E-state index in [1.54, 1.807) is 37.4 Å². The van der Waals surface area contributed by atoms with Gasteiger partial charge in [0.05, 0.1) is 25.8 Å². The maximum absolute atomic E-state index is 12.8. The molecule has 1 heterocycles. The molecule has 25 heavy (non-hydrogen) atoms. The van der Waals surface area contributed by atoms with E-state index in [1.165, 1.54) is 4.90 Å². The van der Waals surface area contributed by atoms with Gasteiger partial charge in [0.2, 0.25) is 5.91 Å². The molecule has 2 amide bonds. The third-order valence-electron chi connectivity index (χ3n) is 3.98. The van der Waals surface area contributed by atoms with Gasteiger partial charge in [-0.25, -0.2) is 4.90 Å². The first-order valence-electron chi connectivity index (χ1n) is 8.13. The number of nitrogens with one attached hydrogen (secondary N) is 1. The quantitative estimate of drug-likeness (QED) is 0.819. The molecule has 1 atom stereocenters. The molecule has 1 fully saturated rings. The molecule has 6 heteroatoms. The number of carbonyl (C=O) groups excluding carboxylic acids is 2. The lowest BCUT2D eigenvalue weighted by Crippen LogP contribution is -2.35. The van der Waals surface area contributed by atoms with E-state index in [9.17, 15) is 9.59 Å². The SMILES string of the molecule is CCOc1ccccc1N1C(=O)C[C@@H](Nc2ccc(OC)cc2)C1=O. The maximum Gasteiger partial charge on any atom is 0.256 e. The first kappa shape index (κ1) is 16.8. The second-order valence-electron chi connectivity index (χ2n) is 5.60. The summed E-state index contributed by atoms with van der Waals surface area (Å²) in [6, 6.07) is 13.7. The van der Waals surface area contributed by atoms with Crippen LogP contribution in [0.3, 0.4) is 0 Å². The molecule has 3 rings (SSSR count). The number of carbonyl (C=O) groups is 2. The number of methoxy groups -OCH3 is 1. The van der Waals surface area contributed by atoms with Crippen LogP contribution in [0.4, 0.5) is 11.4 Å². The van der Waals surface area contributed by atoms with Gasteiger partial charge in [-0.2, -0.15) is 0 Å². The number of hydrogen-bond donors (Lipinski definition) is 1.